The molecule has 0 bridgehead atoms. The summed E-state index contributed by atoms with van der Waals surface area (Å²) < 4.78 is 0. The molecule has 0 aliphatic rings. The fraction of sp³-hybridized carbons (Fsp3) is 0.964. The Bertz CT molecular complexity index is 777. The van der Waals surface area contributed by atoms with Gasteiger partial charge in [0.25, 0.3) is 0 Å². The second kappa shape index (κ2) is 56.4. The Kier molecular flexibility index (Phi) is 60.4. The summed E-state index contributed by atoms with van der Waals surface area (Å²) in [4.78, 5) is 27.6. The first-order valence-electron chi connectivity index (χ1n) is 28.2. The number of carboxylic acid groups (broad SMARTS) is 2. The zero-order valence-electron chi connectivity index (χ0n) is 43.9. The molecule has 2 atom stereocenters. The van der Waals surface area contributed by atoms with Crippen LogP contribution in [0.3, 0.4) is 0 Å². The Morgan fingerprint density at radius 3 is 0.635 bits per heavy atom. The molecule has 0 rings (SSSR count). The van der Waals surface area contributed by atoms with E-state index in [0.29, 0.717) is 0 Å². The van der Waals surface area contributed by atoms with Crippen molar-refractivity contribution in [3.8, 4) is 0 Å². The van der Waals surface area contributed by atoms with E-state index in [0.717, 1.165) is 51.9 Å². The number of rotatable bonds is 50. The minimum atomic E-state index is -0.886. The first-order chi connectivity index (χ1) is 30.3. The van der Waals surface area contributed by atoms with E-state index in [2.05, 4.69) is 51.3 Å². The predicted octanol–water partition coefficient (Wildman–Crippen LogP) is 14.9. The molecule has 0 aromatic carbocycles. The van der Waals surface area contributed by atoms with E-state index in [1.165, 1.54) is 231 Å². The largest absolute Gasteiger partial charge is 2.00 e. The van der Waals surface area contributed by atoms with Gasteiger partial charge in [-0.1, -0.05) is 260 Å². The van der Waals surface area contributed by atoms with Crippen molar-refractivity contribution in [3.05, 3.63) is 0 Å². The third kappa shape index (κ3) is 51.4. The molecule has 0 aliphatic carbocycles. The Hall–Kier alpha value is 0.120. The predicted molar refractivity (Wildman–Crippen MR) is 274 cm³/mol. The van der Waals surface area contributed by atoms with E-state index in [4.69, 9.17) is 0 Å². The van der Waals surface area contributed by atoms with Gasteiger partial charge in [0, 0.05) is 36.9 Å². The van der Waals surface area contributed by atoms with Crippen LogP contribution < -0.4 is 10.2 Å². The molecule has 0 fully saturated rings. The third-order valence-corrected chi connectivity index (χ3v) is 13.3. The second-order valence-electron chi connectivity index (χ2n) is 19.4. The molecule has 372 valence electrons. The fourth-order valence-electron chi connectivity index (χ4n) is 9.33. The molecule has 6 nitrogen and oxygen atoms in total. The number of aliphatic carboxylic acids is 2. The number of unbranched alkanes of at least 4 members (excludes halogenated alkanes) is 32. The molecule has 0 N–H and O–H groups in total. The van der Waals surface area contributed by atoms with Gasteiger partial charge in [-0.3, -0.25) is 0 Å². The Labute approximate surface area is 425 Å². The second-order valence-corrected chi connectivity index (χ2v) is 19.4. The fourth-order valence-corrected chi connectivity index (χ4v) is 9.33. The monoisotopic (exact) mass is 917 g/mol. The van der Waals surface area contributed by atoms with Crippen molar-refractivity contribution >= 4 is 49.7 Å². The van der Waals surface area contributed by atoms with Gasteiger partial charge in [-0.15, -0.1) is 0 Å². The molecule has 7 heteroatoms. The quantitative estimate of drug-likeness (QED) is 0.0446. The van der Waals surface area contributed by atoms with Crippen LogP contribution in [0, 0.1) is 0 Å². The number of carbonyl (C=O) groups excluding carboxylic acids is 2. The average Bonchev–Trinajstić information content (AvgIpc) is 3.25. The van der Waals surface area contributed by atoms with Crippen LogP contribution in [-0.2, 0) is 9.59 Å². The van der Waals surface area contributed by atoms with Crippen LogP contribution in [-0.4, -0.2) is 97.7 Å². The summed E-state index contributed by atoms with van der Waals surface area (Å²) in [7, 11) is 0. The minimum Gasteiger partial charge on any atom is -0.550 e. The first-order valence-corrected chi connectivity index (χ1v) is 28.2. The van der Waals surface area contributed by atoms with Gasteiger partial charge in [-0.25, -0.2) is 0 Å². The van der Waals surface area contributed by atoms with Crippen LogP contribution in [0.15, 0.2) is 0 Å². The van der Waals surface area contributed by atoms with Crippen molar-refractivity contribution in [1.29, 1.82) is 0 Å². The van der Waals surface area contributed by atoms with Gasteiger partial charge in [-0.2, -0.15) is 0 Å². The van der Waals surface area contributed by atoms with E-state index in [-0.39, 0.29) is 62.7 Å². The molecule has 0 heterocycles. The van der Waals surface area contributed by atoms with E-state index in [1.54, 1.807) is 0 Å². The molecular weight excluding hydrogens is 805 g/mol. The zero-order valence-corrected chi connectivity index (χ0v) is 46.1. The van der Waals surface area contributed by atoms with Crippen molar-refractivity contribution in [2.45, 2.75) is 323 Å². The maximum atomic E-state index is 11.3. The average molecular weight is 918 g/mol. The van der Waals surface area contributed by atoms with E-state index < -0.39 is 11.9 Å². The van der Waals surface area contributed by atoms with Crippen molar-refractivity contribution < 1.29 is 19.8 Å². The molecule has 2 unspecified atom stereocenters. The summed E-state index contributed by atoms with van der Waals surface area (Å²) in [6.07, 6.45) is 52.6. The van der Waals surface area contributed by atoms with Gasteiger partial charge >= 0.3 is 37.7 Å². The molecule has 63 heavy (non-hydrogen) atoms. The van der Waals surface area contributed by atoms with E-state index in [1.807, 2.05) is 0 Å². The van der Waals surface area contributed by atoms with Crippen LogP contribution in [0.2, 0.25) is 0 Å². The van der Waals surface area contributed by atoms with Crippen molar-refractivity contribution in [2.24, 2.45) is 0 Å². The molecule has 0 aromatic rings. The number of carboxylic acids is 2. The molecule has 0 saturated carbocycles. The van der Waals surface area contributed by atoms with Gasteiger partial charge in [0.15, 0.2) is 0 Å². The van der Waals surface area contributed by atoms with Gasteiger partial charge in [0.05, 0.1) is 0 Å². The number of nitrogens with zero attached hydrogens (tertiary/aromatic N) is 2. The van der Waals surface area contributed by atoms with Crippen molar-refractivity contribution in [3.63, 3.8) is 0 Å². The van der Waals surface area contributed by atoms with Gasteiger partial charge in [-0.05, 0) is 64.7 Å². The summed E-state index contributed by atoms with van der Waals surface area (Å²) in [6.45, 7) is 17.7. The van der Waals surface area contributed by atoms with Crippen LogP contribution in [0.1, 0.15) is 311 Å². The third-order valence-electron chi connectivity index (χ3n) is 13.3. The first kappa shape index (κ1) is 67.4. The zero-order chi connectivity index (χ0) is 46.0. The SMILES string of the molecule is CCCCCCCCCCCN(CCCCCCCCCCC)C(CCC)CC(=O)[O-].CCCCCCCCCCCN(CCCCCCCCCCC)C(CCC)CC(=O)[O-].[Ca+2]. The van der Waals surface area contributed by atoms with Crippen molar-refractivity contribution in [1.82, 2.24) is 9.80 Å². The molecule has 0 radical (unpaired) electrons. The molecule has 0 aromatic heterocycles. The van der Waals surface area contributed by atoms with Gasteiger partial charge in [0.1, 0.15) is 0 Å². The summed E-state index contributed by atoms with van der Waals surface area (Å²) >= 11 is 0. The van der Waals surface area contributed by atoms with Crippen molar-refractivity contribution in [2.75, 3.05) is 26.2 Å². The maximum absolute atomic E-state index is 11.3. The Balaban J connectivity index is -0.00000112. The van der Waals surface area contributed by atoms with Gasteiger partial charge in [0.2, 0.25) is 0 Å². The summed E-state index contributed by atoms with van der Waals surface area (Å²) in [5, 5.41) is 22.6. The van der Waals surface area contributed by atoms with Crippen LogP contribution >= 0.6 is 0 Å². The normalized spacial score (nSPS) is 12.3. The molecule has 0 aliphatic heterocycles. The standard InChI is InChI=1S/2C28H57NO2.Ca/c2*1-4-7-9-11-13-15-17-19-21-24-29(27(23-6-3)26-28(30)31)25-22-20-18-16-14-12-10-8-5-2;/h2*27H,4-26H2,1-3H3,(H,30,31);/q;;+2/p-2. The van der Waals surface area contributed by atoms with E-state index in [9.17, 15) is 19.8 Å². The number of hydrogen-bond acceptors (Lipinski definition) is 6. The number of hydrogen-bond donors (Lipinski definition) is 0. The van der Waals surface area contributed by atoms with Crippen LogP contribution in [0.25, 0.3) is 0 Å². The Morgan fingerprint density at radius 2 is 0.476 bits per heavy atom. The van der Waals surface area contributed by atoms with Crippen LogP contribution in [0.5, 0.6) is 0 Å². The van der Waals surface area contributed by atoms with E-state index >= 15 is 0 Å². The molecule has 0 spiro atoms. The van der Waals surface area contributed by atoms with Crippen LogP contribution in [0.4, 0.5) is 0 Å². The van der Waals surface area contributed by atoms with Gasteiger partial charge < -0.3 is 29.6 Å². The Morgan fingerprint density at radius 1 is 0.302 bits per heavy atom. The summed E-state index contributed by atoms with van der Waals surface area (Å²) in [5.41, 5.74) is 0. The molecular formula is C56H112CaN2O4. The summed E-state index contributed by atoms with van der Waals surface area (Å²) in [6, 6.07) is 0.330. The molecule has 0 saturated heterocycles. The topological polar surface area (TPSA) is 86.7 Å². The minimum absolute atomic E-state index is 0. The molecule has 0 amide bonds. The maximum Gasteiger partial charge on any atom is 2.00 e. The number of carbonyl (C=O) groups is 2. The summed E-state index contributed by atoms with van der Waals surface area (Å²) in [5.74, 6) is -1.77. The smallest absolute Gasteiger partial charge is 0.550 e.